The molecule has 1 aromatic rings. The zero-order valence-electron chi connectivity index (χ0n) is 14.1. The average Bonchev–Trinajstić information content (AvgIpc) is 2.63. The summed E-state index contributed by atoms with van der Waals surface area (Å²) in [5.74, 6) is 0. The molecule has 0 spiro atoms. The second-order valence-electron chi connectivity index (χ2n) is 8.37. The summed E-state index contributed by atoms with van der Waals surface area (Å²) >= 11 is 0. The maximum atomic E-state index is 10.5. The van der Waals surface area contributed by atoms with Crippen LogP contribution in [0.15, 0.2) is 6.07 Å². The van der Waals surface area contributed by atoms with Gasteiger partial charge < -0.3 is 14.4 Å². The first-order valence-corrected chi connectivity index (χ1v) is 8.21. The van der Waals surface area contributed by atoms with Crippen LogP contribution in [0, 0.1) is 12.3 Å². The van der Waals surface area contributed by atoms with Crippen LogP contribution in [0.1, 0.15) is 76.1 Å². The van der Waals surface area contributed by atoms with E-state index in [9.17, 15) is 5.11 Å². The third-order valence-electron chi connectivity index (χ3n) is 5.16. The molecule has 2 aliphatic rings. The average molecular weight is 291 g/mol. The minimum Gasteiger partial charge on any atom is -0.388 e. The predicted octanol–water partition coefficient (Wildman–Crippen LogP) is 3.93. The van der Waals surface area contributed by atoms with Crippen molar-refractivity contribution in [2.24, 2.45) is 5.41 Å². The monoisotopic (exact) mass is 291 g/mol. The summed E-state index contributed by atoms with van der Waals surface area (Å²) in [6.07, 6.45) is 3.73. The van der Waals surface area contributed by atoms with E-state index >= 15 is 0 Å². The number of hydrogen-bond donors (Lipinski definition) is 1. The number of aryl methyl sites for hydroxylation is 1. The standard InChI is InChI=1S/C18H29NO2/c1-12-8-14-15(10-17(2,3)11-16(14)20)19(12)13-6-7-21-18(4,5)9-13/h8,13,16,20H,6-7,9-11H2,1-5H3. The lowest BCUT2D eigenvalue weighted by Crippen LogP contribution is -2.36. The Kier molecular flexibility index (Phi) is 3.49. The van der Waals surface area contributed by atoms with Gasteiger partial charge in [0.15, 0.2) is 0 Å². The zero-order chi connectivity index (χ0) is 15.4. The van der Waals surface area contributed by atoms with Crippen molar-refractivity contribution >= 4 is 0 Å². The lowest BCUT2D eigenvalue weighted by Gasteiger charge is -2.40. The highest BCUT2D eigenvalue weighted by Gasteiger charge is 2.37. The molecule has 1 fully saturated rings. The van der Waals surface area contributed by atoms with Crippen LogP contribution in [0.3, 0.4) is 0 Å². The summed E-state index contributed by atoms with van der Waals surface area (Å²) < 4.78 is 8.38. The van der Waals surface area contributed by atoms with Crippen LogP contribution in [-0.4, -0.2) is 21.9 Å². The molecule has 2 unspecified atom stereocenters. The molecule has 0 radical (unpaired) electrons. The second kappa shape index (κ2) is 4.85. The Labute approximate surface area is 128 Å². The van der Waals surface area contributed by atoms with E-state index in [1.807, 2.05) is 0 Å². The molecular weight excluding hydrogens is 262 g/mol. The molecule has 0 amide bonds. The fourth-order valence-electron chi connectivity index (χ4n) is 4.29. The van der Waals surface area contributed by atoms with Gasteiger partial charge in [-0.25, -0.2) is 0 Å². The summed E-state index contributed by atoms with van der Waals surface area (Å²) in [7, 11) is 0. The minimum atomic E-state index is -0.309. The van der Waals surface area contributed by atoms with Crippen LogP contribution in [0.25, 0.3) is 0 Å². The van der Waals surface area contributed by atoms with Crippen LogP contribution >= 0.6 is 0 Å². The number of fused-ring (bicyclic) bond motifs is 1. The predicted molar refractivity (Wildman–Crippen MR) is 84.5 cm³/mol. The number of nitrogens with zero attached hydrogens (tertiary/aromatic N) is 1. The topological polar surface area (TPSA) is 34.4 Å². The van der Waals surface area contributed by atoms with Crippen molar-refractivity contribution in [3.8, 4) is 0 Å². The molecule has 2 heterocycles. The van der Waals surface area contributed by atoms with Crippen molar-refractivity contribution in [2.75, 3.05) is 6.61 Å². The highest BCUT2D eigenvalue weighted by atomic mass is 16.5. The third kappa shape index (κ3) is 2.78. The number of aliphatic hydroxyl groups is 1. The molecule has 0 bridgehead atoms. The molecule has 1 aliphatic carbocycles. The Morgan fingerprint density at radius 3 is 2.62 bits per heavy atom. The first kappa shape index (κ1) is 15.1. The van der Waals surface area contributed by atoms with Crippen LogP contribution in [0.5, 0.6) is 0 Å². The van der Waals surface area contributed by atoms with Gasteiger partial charge in [0, 0.05) is 29.6 Å². The van der Waals surface area contributed by atoms with Crippen molar-refractivity contribution in [1.29, 1.82) is 0 Å². The summed E-state index contributed by atoms with van der Waals surface area (Å²) in [5.41, 5.74) is 3.94. The number of ether oxygens (including phenoxy) is 1. The van der Waals surface area contributed by atoms with Gasteiger partial charge in [0.2, 0.25) is 0 Å². The van der Waals surface area contributed by atoms with E-state index in [0.717, 1.165) is 37.9 Å². The fraction of sp³-hybridized carbons (Fsp3) is 0.778. The van der Waals surface area contributed by atoms with Gasteiger partial charge in [-0.15, -0.1) is 0 Å². The molecule has 1 aliphatic heterocycles. The van der Waals surface area contributed by atoms with Crippen molar-refractivity contribution in [3.05, 3.63) is 23.0 Å². The van der Waals surface area contributed by atoms with Gasteiger partial charge in [0.05, 0.1) is 11.7 Å². The lowest BCUT2D eigenvalue weighted by atomic mass is 9.75. The number of aliphatic hydroxyl groups excluding tert-OH is 1. The number of hydrogen-bond acceptors (Lipinski definition) is 2. The van der Waals surface area contributed by atoms with E-state index in [2.05, 4.69) is 45.3 Å². The molecule has 21 heavy (non-hydrogen) atoms. The minimum absolute atomic E-state index is 0.0463. The summed E-state index contributed by atoms with van der Waals surface area (Å²) in [6.45, 7) is 11.9. The Bertz CT molecular complexity index is 542. The maximum absolute atomic E-state index is 10.5. The van der Waals surface area contributed by atoms with Gasteiger partial charge in [0.25, 0.3) is 0 Å². The second-order valence-corrected chi connectivity index (χ2v) is 8.37. The van der Waals surface area contributed by atoms with Gasteiger partial charge in [-0.2, -0.15) is 0 Å². The van der Waals surface area contributed by atoms with Crippen LogP contribution in [-0.2, 0) is 11.2 Å². The Morgan fingerprint density at radius 2 is 1.95 bits per heavy atom. The highest BCUT2D eigenvalue weighted by molar-refractivity contribution is 5.34. The van der Waals surface area contributed by atoms with Gasteiger partial charge in [0.1, 0.15) is 0 Å². The lowest BCUT2D eigenvalue weighted by molar-refractivity contribution is -0.0698. The summed E-state index contributed by atoms with van der Waals surface area (Å²) in [4.78, 5) is 0. The molecule has 1 saturated heterocycles. The number of aromatic nitrogens is 1. The van der Waals surface area contributed by atoms with E-state index in [-0.39, 0.29) is 17.1 Å². The maximum Gasteiger partial charge on any atom is 0.0812 e. The Hall–Kier alpha value is -0.800. The van der Waals surface area contributed by atoms with E-state index in [4.69, 9.17) is 4.74 Å². The van der Waals surface area contributed by atoms with E-state index in [1.165, 1.54) is 11.4 Å². The molecule has 2 atom stereocenters. The summed E-state index contributed by atoms with van der Waals surface area (Å²) in [6, 6.07) is 2.70. The first-order valence-electron chi connectivity index (χ1n) is 8.21. The molecule has 0 saturated carbocycles. The first-order chi connectivity index (χ1) is 9.69. The molecular formula is C18H29NO2. The van der Waals surface area contributed by atoms with Gasteiger partial charge in [-0.3, -0.25) is 0 Å². The summed E-state index contributed by atoms with van der Waals surface area (Å²) in [5, 5.41) is 10.5. The van der Waals surface area contributed by atoms with E-state index in [0.29, 0.717) is 6.04 Å². The van der Waals surface area contributed by atoms with Crippen LogP contribution in [0.2, 0.25) is 0 Å². The molecule has 3 rings (SSSR count). The van der Waals surface area contributed by atoms with Crippen molar-refractivity contribution in [2.45, 2.75) is 78.0 Å². The zero-order valence-corrected chi connectivity index (χ0v) is 14.1. The van der Waals surface area contributed by atoms with Gasteiger partial charge in [-0.1, -0.05) is 13.8 Å². The van der Waals surface area contributed by atoms with Crippen LogP contribution in [0.4, 0.5) is 0 Å². The van der Waals surface area contributed by atoms with Gasteiger partial charge in [-0.05, 0) is 57.9 Å². The van der Waals surface area contributed by atoms with Gasteiger partial charge >= 0.3 is 0 Å². The van der Waals surface area contributed by atoms with Crippen molar-refractivity contribution in [1.82, 2.24) is 4.57 Å². The number of rotatable bonds is 1. The smallest absolute Gasteiger partial charge is 0.0812 e. The molecule has 3 nitrogen and oxygen atoms in total. The molecule has 3 heteroatoms. The largest absolute Gasteiger partial charge is 0.388 e. The van der Waals surface area contributed by atoms with E-state index in [1.54, 1.807) is 0 Å². The molecule has 118 valence electrons. The van der Waals surface area contributed by atoms with E-state index < -0.39 is 0 Å². The quantitative estimate of drug-likeness (QED) is 0.850. The fourth-order valence-corrected chi connectivity index (χ4v) is 4.29. The van der Waals surface area contributed by atoms with Crippen molar-refractivity contribution in [3.63, 3.8) is 0 Å². The SMILES string of the molecule is Cc1cc2c(n1C1CCOC(C)(C)C1)CC(C)(C)CC2O. The molecule has 1 N–H and O–H groups in total. The van der Waals surface area contributed by atoms with Crippen molar-refractivity contribution < 1.29 is 9.84 Å². The normalized spacial score (nSPS) is 31.0. The molecule has 1 aromatic heterocycles. The third-order valence-corrected chi connectivity index (χ3v) is 5.16. The Balaban J connectivity index is 2.00. The Morgan fingerprint density at radius 1 is 1.24 bits per heavy atom. The molecule has 0 aromatic carbocycles. The van der Waals surface area contributed by atoms with Crippen LogP contribution < -0.4 is 0 Å². The highest BCUT2D eigenvalue weighted by Crippen LogP contribution is 2.44.